The van der Waals surface area contributed by atoms with E-state index in [2.05, 4.69) is 27.7 Å². The maximum atomic E-state index is 13.8. The third-order valence-corrected chi connectivity index (χ3v) is 28.4. The predicted molar refractivity (Wildman–Crippen MR) is 598 cm³/mol. The van der Waals surface area contributed by atoms with Gasteiger partial charge in [0, 0.05) is 78.5 Å². The summed E-state index contributed by atoms with van der Waals surface area (Å²) in [5.41, 5.74) is -8.64. The van der Waals surface area contributed by atoms with E-state index in [1.54, 1.807) is 111 Å². The molecule has 0 N–H and O–H groups in total. The quantitative estimate of drug-likeness (QED) is 0.0104. The van der Waals surface area contributed by atoms with E-state index in [-0.39, 0.29) is 151 Å². The van der Waals surface area contributed by atoms with Crippen molar-refractivity contribution in [2.75, 3.05) is 106 Å². The monoisotopic (exact) mass is 2270 g/mol. The number of unbranched alkanes of at least 4 members (excludes halogenated alkanes) is 56. The molecule has 872 valence electrons. The van der Waals surface area contributed by atoms with Gasteiger partial charge < -0.3 is 119 Å². The minimum atomic E-state index is -4.32. The fourth-order valence-corrected chi connectivity index (χ4v) is 22.2. The summed E-state index contributed by atoms with van der Waals surface area (Å²) in [4.78, 5) is 55.3. The van der Waals surface area contributed by atoms with Crippen LogP contribution in [0.1, 0.15) is 549 Å². The smallest absolute Gasteiger partial charge is 0.691 e. The topological polar surface area (TPSA) is 290 Å². The Bertz CT molecular complexity index is 2660. The average molecular weight is 2270 g/mol. The van der Waals surface area contributed by atoms with Crippen molar-refractivity contribution in [1.29, 1.82) is 0 Å². The third-order valence-electron chi connectivity index (χ3n) is 24.7. The molecule has 0 aromatic rings. The van der Waals surface area contributed by atoms with Gasteiger partial charge in [0.25, 0.3) is 0 Å². The Morgan fingerprint density at radius 3 is 0.347 bits per heavy atom. The first kappa shape index (κ1) is 151. The molecule has 0 aliphatic heterocycles. The molecule has 0 rings (SSSR count). The fraction of sp³-hybridized carbons (Fsp3) is 0.964. The normalized spacial score (nSPS) is 12.7. The van der Waals surface area contributed by atoms with Gasteiger partial charge in [0.1, 0.15) is 0 Å². The Labute approximate surface area is 931 Å². The van der Waals surface area contributed by atoms with E-state index in [0.717, 1.165) is 77.0 Å². The summed E-state index contributed by atoms with van der Waals surface area (Å²) in [6, 6.07) is 0. The Balaban J connectivity index is -0.00000280. The Morgan fingerprint density at radius 1 is 0.163 bits per heavy atom. The molecule has 0 heterocycles. The SMILES string of the molecule is CCCCCCCCCCCCCCCCCC(=O)OC(OCC)(OCC)C(OCC)(OCC)OP(=S)([S-])OC(OCC)(OCC)C(OCC)(OCC)OC(=O)CCCCCCCCCCCCCCCCC.CCCCCCCCCCCCCCCCCC(=O)OC(OCC)(OCC)C(OCC)(OCC)OP(=S)([S-])OC(OCC)(OCC)C(OCC)(OCC)OC(=O)CCCCCCCCCCCCCCCCC.[Zn+2]. The number of hydrogen-bond donors (Lipinski definition) is 0. The summed E-state index contributed by atoms with van der Waals surface area (Å²) < 4.78 is 150. The molecular weight excluding hydrogens is 2050 g/mol. The van der Waals surface area contributed by atoms with E-state index in [1.807, 2.05) is 0 Å². The first-order valence-electron chi connectivity index (χ1n) is 59.2. The van der Waals surface area contributed by atoms with Gasteiger partial charge in [0.15, 0.2) is 0 Å². The first-order valence-corrected chi connectivity index (χ1v) is 66.5. The average Bonchev–Trinajstić information content (AvgIpc) is 0.740. The molecule has 0 saturated heterocycles. The van der Waals surface area contributed by atoms with Gasteiger partial charge in [-0.2, -0.15) is 0 Å². The van der Waals surface area contributed by atoms with Crippen LogP contribution in [0.5, 0.6) is 0 Å². The largest absolute Gasteiger partial charge is 2.00 e. The Morgan fingerprint density at radius 2 is 0.252 bits per heavy atom. The molecule has 0 fully saturated rings. The van der Waals surface area contributed by atoms with Crippen LogP contribution in [0.4, 0.5) is 0 Å². The van der Waals surface area contributed by atoms with Crippen molar-refractivity contribution in [2.24, 2.45) is 0 Å². The molecule has 0 aromatic heterocycles. The number of carbonyl (C=O) groups is 4. The van der Waals surface area contributed by atoms with Crippen LogP contribution in [0.25, 0.3) is 0 Å². The van der Waals surface area contributed by atoms with Crippen LogP contribution in [-0.4, -0.2) is 177 Å². The van der Waals surface area contributed by atoms with Crippen molar-refractivity contribution in [1.82, 2.24) is 0 Å². The standard InChI is InChI=1S/2C56H111O14PS2.Zn/c2*1-11-21-23-25-27-29-31-33-35-37-39-41-43-45-47-49-51(57)67-53(59-13-3,60-14-4)55(63-17-7,64-18-8)69-71(72,73)70-56(65-19-9,66-20-10)54(61-15-5,62-16-6)68-52(58)50-48-46-44-42-40-38-36-34-32-30-28-26-24-22-12-2;/h2*11-50H2,1-10H3,(H,72,73);/q;;+2/p-2. The molecule has 0 unspecified atom stereocenters. The molecule has 0 amide bonds. The van der Waals surface area contributed by atoms with Gasteiger partial charge in [-0.25, -0.2) is 0 Å². The molecule has 0 aliphatic carbocycles. The molecule has 0 atom stereocenters. The van der Waals surface area contributed by atoms with Crippen molar-refractivity contribution >= 4 is 83.4 Å². The fourth-order valence-electron chi connectivity index (χ4n) is 17.7. The summed E-state index contributed by atoms with van der Waals surface area (Å²) in [5.74, 6) is -22.6. The Hall–Kier alpha value is -0.297. The van der Waals surface area contributed by atoms with Gasteiger partial charge in [-0.1, -0.05) is 411 Å². The van der Waals surface area contributed by atoms with Crippen LogP contribution in [0.3, 0.4) is 0 Å². The molecule has 0 aliphatic rings. The van der Waals surface area contributed by atoms with Gasteiger partial charge in [-0.15, -0.1) is 0 Å². The van der Waals surface area contributed by atoms with Crippen molar-refractivity contribution in [3.8, 4) is 0 Å². The van der Waals surface area contributed by atoms with Crippen LogP contribution >= 0.6 is 11.4 Å². The number of ether oxygens (including phenoxy) is 20. The summed E-state index contributed by atoms with van der Waals surface area (Å²) in [5, 5.41) is 0. The van der Waals surface area contributed by atoms with Crippen molar-refractivity contribution in [3.05, 3.63) is 0 Å². The summed E-state index contributed by atoms with van der Waals surface area (Å²) in [6.07, 6.45) is 72.1. The number of esters is 4. The molecule has 0 bridgehead atoms. The molecule has 0 spiro atoms. The summed E-state index contributed by atoms with van der Waals surface area (Å²) in [6.45, 7) is 35.3. The van der Waals surface area contributed by atoms with Crippen LogP contribution in [-0.2, 0) is 200 Å². The van der Waals surface area contributed by atoms with Gasteiger partial charge >= 0.3 is 91.1 Å². The zero-order chi connectivity index (χ0) is 109. The van der Waals surface area contributed by atoms with Crippen LogP contribution < -0.4 is 0 Å². The van der Waals surface area contributed by atoms with Crippen molar-refractivity contribution in [3.63, 3.8) is 0 Å². The minimum absolute atomic E-state index is 0. The molecule has 0 aromatic carbocycles. The second kappa shape index (κ2) is 98.8. The molecule has 35 heteroatoms. The van der Waals surface area contributed by atoms with E-state index in [4.69, 9.17) is 161 Å². The number of carbonyl (C=O) groups excluding carboxylic acids is 4. The van der Waals surface area contributed by atoms with Gasteiger partial charge in [0.2, 0.25) is 0 Å². The van der Waals surface area contributed by atoms with E-state index >= 15 is 0 Å². The van der Waals surface area contributed by atoms with Crippen LogP contribution in [0.2, 0.25) is 0 Å². The number of hydrogen-bond acceptors (Lipinski definition) is 32. The Kier molecular flexibility index (Phi) is 101. The van der Waals surface area contributed by atoms with Gasteiger partial charge in [-0.3, -0.25) is 37.3 Å². The van der Waals surface area contributed by atoms with Crippen molar-refractivity contribution < 1.29 is 151 Å². The molecule has 147 heavy (non-hydrogen) atoms. The molecule has 0 saturated carbocycles. The zero-order valence-corrected chi connectivity index (χ0v) is 105. The molecular formula is C112H220O28P2S4Zn. The first-order chi connectivity index (χ1) is 70.6. The zero-order valence-electron chi connectivity index (χ0n) is 97.2. The van der Waals surface area contributed by atoms with E-state index < -0.39 is 83.0 Å². The minimum Gasteiger partial charge on any atom is -0.691 e. The second-order valence-electron chi connectivity index (χ2n) is 37.3. The maximum absolute atomic E-state index is 13.8. The third kappa shape index (κ3) is 67.1. The molecule has 28 nitrogen and oxygen atoms in total. The molecule has 0 radical (unpaired) electrons. The summed E-state index contributed by atoms with van der Waals surface area (Å²) >= 11 is 24.0. The van der Waals surface area contributed by atoms with Gasteiger partial charge in [0.05, 0.1) is 64.2 Å². The number of rotatable bonds is 112. The van der Waals surface area contributed by atoms with Crippen LogP contribution in [0.15, 0.2) is 0 Å². The van der Waals surface area contributed by atoms with Crippen molar-refractivity contribution in [2.45, 2.75) is 597 Å². The maximum Gasteiger partial charge on any atom is 2.00 e. The van der Waals surface area contributed by atoms with E-state index in [9.17, 15) is 19.2 Å². The van der Waals surface area contributed by atoms with E-state index in [1.165, 1.54) is 283 Å². The second-order valence-corrected chi connectivity index (χ2v) is 47.0. The van der Waals surface area contributed by atoms with Gasteiger partial charge in [-0.05, 0) is 136 Å². The van der Waals surface area contributed by atoms with E-state index in [0.29, 0.717) is 25.7 Å². The van der Waals surface area contributed by atoms with Crippen LogP contribution in [0, 0.1) is 0 Å². The predicted octanol–water partition coefficient (Wildman–Crippen LogP) is 32.6. The summed E-state index contributed by atoms with van der Waals surface area (Å²) in [7, 11) is 0.